The van der Waals surface area contributed by atoms with Gasteiger partial charge in [0.1, 0.15) is 5.75 Å². The van der Waals surface area contributed by atoms with E-state index < -0.39 is 0 Å². The van der Waals surface area contributed by atoms with Gasteiger partial charge in [0.05, 0.1) is 6.61 Å². The maximum atomic E-state index is 5.68. The van der Waals surface area contributed by atoms with Crippen molar-refractivity contribution in [2.24, 2.45) is 11.7 Å². The Morgan fingerprint density at radius 3 is 3.07 bits per heavy atom. The molecule has 0 amide bonds. The fourth-order valence-corrected chi connectivity index (χ4v) is 1.98. The van der Waals surface area contributed by atoms with Gasteiger partial charge < -0.3 is 10.5 Å². The molecule has 0 aliphatic carbocycles. The normalized spacial score (nSPS) is 21.5. The maximum Gasteiger partial charge on any atom is 0.123 e. The Morgan fingerprint density at radius 1 is 1.57 bits per heavy atom. The van der Waals surface area contributed by atoms with E-state index in [1.807, 2.05) is 0 Å². The molecule has 2 N–H and O–H groups in total. The summed E-state index contributed by atoms with van der Waals surface area (Å²) in [5.74, 6) is 2.03. The molecule has 2 rings (SSSR count). The molecule has 0 aromatic heterocycles. The van der Waals surface area contributed by atoms with Crippen molar-refractivity contribution in [2.75, 3.05) is 13.2 Å². The summed E-state index contributed by atoms with van der Waals surface area (Å²) in [6, 6.07) is 6.43. The van der Waals surface area contributed by atoms with Gasteiger partial charge >= 0.3 is 0 Å². The summed E-state index contributed by atoms with van der Waals surface area (Å²) in [4.78, 5) is 0. The third-order valence-corrected chi connectivity index (χ3v) is 3.05. The van der Waals surface area contributed by atoms with Crippen molar-refractivity contribution < 1.29 is 4.74 Å². The van der Waals surface area contributed by atoms with E-state index in [1.54, 1.807) is 0 Å². The Balaban J connectivity index is 2.31. The Labute approximate surface area is 85.1 Å². The molecule has 2 unspecified atom stereocenters. The second-order valence-corrected chi connectivity index (χ2v) is 4.17. The van der Waals surface area contributed by atoms with Crippen LogP contribution < -0.4 is 10.5 Å². The molecule has 1 aromatic rings. The van der Waals surface area contributed by atoms with E-state index in [1.165, 1.54) is 11.1 Å². The molecule has 1 aliphatic rings. The number of aryl methyl sites for hydroxylation is 1. The standard InChI is InChI=1S/C12H17NO/c1-8-3-4-10-11(9(2)6-13)7-14-12(10)5-8/h3-5,9,11H,6-7,13H2,1-2H3. The minimum absolute atomic E-state index is 0.482. The average molecular weight is 191 g/mol. The Kier molecular flexibility index (Phi) is 2.46. The number of rotatable bonds is 2. The number of hydrogen-bond acceptors (Lipinski definition) is 2. The van der Waals surface area contributed by atoms with Crippen LogP contribution in [0.2, 0.25) is 0 Å². The number of nitrogens with two attached hydrogens (primary N) is 1. The first-order valence-electron chi connectivity index (χ1n) is 5.15. The molecule has 0 radical (unpaired) electrons. The Morgan fingerprint density at radius 2 is 2.36 bits per heavy atom. The zero-order chi connectivity index (χ0) is 10.1. The van der Waals surface area contributed by atoms with Gasteiger partial charge in [-0.25, -0.2) is 0 Å². The van der Waals surface area contributed by atoms with Gasteiger partial charge in [-0.15, -0.1) is 0 Å². The molecule has 1 aromatic carbocycles. The lowest BCUT2D eigenvalue weighted by atomic mass is 9.89. The number of fused-ring (bicyclic) bond motifs is 1. The molecule has 0 bridgehead atoms. The lowest BCUT2D eigenvalue weighted by Crippen LogP contribution is -2.20. The molecule has 76 valence electrons. The summed E-state index contributed by atoms with van der Waals surface area (Å²) in [6.07, 6.45) is 0. The zero-order valence-electron chi connectivity index (χ0n) is 8.79. The minimum atomic E-state index is 0.482. The topological polar surface area (TPSA) is 35.2 Å². The molecule has 0 fully saturated rings. The highest BCUT2D eigenvalue weighted by Crippen LogP contribution is 2.38. The number of benzene rings is 1. The van der Waals surface area contributed by atoms with Crippen LogP contribution in [0.4, 0.5) is 0 Å². The summed E-state index contributed by atoms with van der Waals surface area (Å²) in [7, 11) is 0. The van der Waals surface area contributed by atoms with E-state index in [4.69, 9.17) is 10.5 Å². The van der Waals surface area contributed by atoms with Crippen LogP contribution in [0.5, 0.6) is 5.75 Å². The average Bonchev–Trinajstić information content (AvgIpc) is 2.59. The lowest BCUT2D eigenvalue weighted by molar-refractivity contribution is 0.299. The largest absolute Gasteiger partial charge is 0.493 e. The SMILES string of the molecule is Cc1ccc2c(c1)OCC2C(C)CN. The monoisotopic (exact) mass is 191 g/mol. The predicted molar refractivity (Wildman–Crippen MR) is 57.6 cm³/mol. The first-order valence-corrected chi connectivity index (χ1v) is 5.15. The van der Waals surface area contributed by atoms with Crippen molar-refractivity contribution in [3.05, 3.63) is 29.3 Å². The van der Waals surface area contributed by atoms with E-state index in [0.29, 0.717) is 11.8 Å². The van der Waals surface area contributed by atoms with E-state index >= 15 is 0 Å². The summed E-state index contributed by atoms with van der Waals surface area (Å²) in [5.41, 5.74) is 8.27. The van der Waals surface area contributed by atoms with Crippen molar-refractivity contribution in [3.8, 4) is 5.75 Å². The van der Waals surface area contributed by atoms with Crippen molar-refractivity contribution in [2.45, 2.75) is 19.8 Å². The summed E-state index contributed by atoms with van der Waals surface area (Å²) in [5, 5.41) is 0. The highest BCUT2D eigenvalue weighted by Gasteiger charge is 2.27. The smallest absolute Gasteiger partial charge is 0.123 e. The maximum absolute atomic E-state index is 5.68. The first kappa shape index (κ1) is 9.53. The Hall–Kier alpha value is -1.02. The second kappa shape index (κ2) is 3.62. The zero-order valence-corrected chi connectivity index (χ0v) is 8.79. The van der Waals surface area contributed by atoms with E-state index in [0.717, 1.165) is 18.9 Å². The third kappa shape index (κ3) is 1.50. The van der Waals surface area contributed by atoms with Gasteiger partial charge in [-0.05, 0) is 31.0 Å². The fraction of sp³-hybridized carbons (Fsp3) is 0.500. The molecule has 0 saturated carbocycles. The van der Waals surface area contributed by atoms with Gasteiger partial charge in [-0.2, -0.15) is 0 Å². The van der Waals surface area contributed by atoms with Crippen molar-refractivity contribution in [1.29, 1.82) is 0 Å². The number of hydrogen-bond donors (Lipinski definition) is 1. The van der Waals surface area contributed by atoms with Crippen LogP contribution in [0, 0.1) is 12.8 Å². The second-order valence-electron chi connectivity index (χ2n) is 4.17. The lowest BCUT2D eigenvalue weighted by Gasteiger charge is -2.15. The van der Waals surface area contributed by atoms with Crippen LogP contribution in [0.25, 0.3) is 0 Å². The predicted octanol–water partition coefficient (Wildman–Crippen LogP) is 2.07. The molecule has 1 heterocycles. The van der Waals surface area contributed by atoms with Gasteiger partial charge in [0.25, 0.3) is 0 Å². The molecule has 2 heteroatoms. The van der Waals surface area contributed by atoms with Crippen LogP contribution in [0.1, 0.15) is 24.0 Å². The highest BCUT2D eigenvalue weighted by molar-refractivity contribution is 5.42. The fourth-order valence-electron chi connectivity index (χ4n) is 1.98. The van der Waals surface area contributed by atoms with Crippen molar-refractivity contribution >= 4 is 0 Å². The summed E-state index contributed by atoms with van der Waals surface area (Å²) < 4.78 is 5.66. The van der Waals surface area contributed by atoms with Crippen LogP contribution in [0.15, 0.2) is 18.2 Å². The third-order valence-electron chi connectivity index (χ3n) is 3.05. The molecular formula is C12H17NO. The minimum Gasteiger partial charge on any atom is -0.493 e. The van der Waals surface area contributed by atoms with Gasteiger partial charge in [0.15, 0.2) is 0 Å². The van der Waals surface area contributed by atoms with E-state index in [2.05, 4.69) is 32.0 Å². The van der Waals surface area contributed by atoms with Crippen LogP contribution >= 0.6 is 0 Å². The van der Waals surface area contributed by atoms with Gasteiger partial charge in [-0.3, -0.25) is 0 Å². The van der Waals surface area contributed by atoms with E-state index in [9.17, 15) is 0 Å². The molecule has 0 spiro atoms. The summed E-state index contributed by atoms with van der Waals surface area (Å²) >= 11 is 0. The van der Waals surface area contributed by atoms with Gasteiger partial charge in [-0.1, -0.05) is 19.1 Å². The van der Waals surface area contributed by atoms with Gasteiger partial charge in [0.2, 0.25) is 0 Å². The first-order chi connectivity index (χ1) is 6.72. The van der Waals surface area contributed by atoms with Crippen LogP contribution in [0.3, 0.4) is 0 Å². The van der Waals surface area contributed by atoms with Crippen molar-refractivity contribution in [3.63, 3.8) is 0 Å². The summed E-state index contributed by atoms with van der Waals surface area (Å²) in [6.45, 7) is 5.78. The van der Waals surface area contributed by atoms with Crippen LogP contribution in [-0.2, 0) is 0 Å². The highest BCUT2D eigenvalue weighted by atomic mass is 16.5. The molecule has 0 saturated heterocycles. The molecule has 1 aliphatic heterocycles. The van der Waals surface area contributed by atoms with Crippen molar-refractivity contribution in [1.82, 2.24) is 0 Å². The van der Waals surface area contributed by atoms with E-state index in [-0.39, 0.29) is 0 Å². The molecule has 14 heavy (non-hydrogen) atoms. The van der Waals surface area contributed by atoms with Gasteiger partial charge in [0, 0.05) is 11.5 Å². The van der Waals surface area contributed by atoms with Crippen LogP contribution in [-0.4, -0.2) is 13.2 Å². The Bertz CT molecular complexity index is 335. The molecule has 2 nitrogen and oxygen atoms in total. The molecule has 2 atom stereocenters. The quantitative estimate of drug-likeness (QED) is 0.776. The molecular weight excluding hydrogens is 174 g/mol. The number of ether oxygens (including phenoxy) is 1.